The standard InChI is InChI=1S/C23H35NO4/c1-23(2)18-8-6-17(21(23)10-18)14-28-15-19(25)13-24(3)12-16-7-9-20(26-4)11-22(16)27-5/h6-7,9,11,18-19,21,25H,8,10,12-15H2,1-5H3/p+1/t18-,19+,21-/m0/s1. The van der Waals surface area contributed by atoms with Gasteiger partial charge in [0.15, 0.2) is 0 Å². The van der Waals surface area contributed by atoms with Crippen molar-refractivity contribution in [3.05, 3.63) is 35.4 Å². The number of quaternary nitrogens is 1. The normalized spacial score (nSPS) is 24.7. The molecule has 5 nitrogen and oxygen atoms in total. The van der Waals surface area contributed by atoms with Crippen LogP contribution in [0.5, 0.6) is 11.5 Å². The highest BCUT2D eigenvalue weighted by atomic mass is 16.5. The number of aliphatic hydroxyl groups is 1. The van der Waals surface area contributed by atoms with Crippen LogP contribution in [-0.2, 0) is 11.3 Å². The fourth-order valence-corrected chi connectivity index (χ4v) is 4.81. The molecule has 0 radical (unpaired) electrons. The summed E-state index contributed by atoms with van der Waals surface area (Å²) in [6.07, 6.45) is 4.38. The Morgan fingerprint density at radius 3 is 2.68 bits per heavy atom. The lowest BCUT2D eigenvalue weighted by Crippen LogP contribution is -3.08. The van der Waals surface area contributed by atoms with Crippen LogP contribution in [-0.4, -0.2) is 52.2 Å². The Kier molecular flexibility index (Phi) is 6.69. The van der Waals surface area contributed by atoms with Gasteiger partial charge in [0.05, 0.1) is 34.5 Å². The van der Waals surface area contributed by atoms with E-state index in [1.807, 2.05) is 18.2 Å². The number of hydrogen-bond donors (Lipinski definition) is 2. The predicted octanol–water partition coefficient (Wildman–Crippen LogP) is 2.09. The summed E-state index contributed by atoms with van der Waals surface area (Å²) in [7, 11) is 5.39. The topological polar surface area (TPSA) is 52.4 Å². The molecule has 3 aliphatic rings. The van der Waals surface area contributed by atoms with Crippen LogP contribution < -0.4 is 14.4 Å². The maximum absolute atomic E-state index is 10.4. The van der Waals surface area contributed by atoms with Crippen LogP contribution in [0.2, 0.25) is 0 Å². The van der Waals surface area contributed by atoms with Crippen molar-refractivity contribution in [1.29, 1.82) is 0 Å². The van der Waals surface area contributed by atoms with E-state index in [9.17, 15) is 5.11 Å². The van der Waals surface area contributed by atoms with Crippen LogP contribution in [0.15, 0.2) is 29.8 Å². The van der Waals surface area contributed by atoms with E-state index in [1.165, 1.54) is 23.3 Å². The van der Waals surface area contributed by atoms with Crippen molar-refractivity contribution >= 4 is 0 Å². The van der Waals surface area contributed by atoms with Crippen LogP contribution in [0.1, 0.15) is 32.3 Å². The highest BCUT2D eigenvalue weighted by molar-refractivity contribution is 5.40. The average molecular weight is 391 g/mol. The lowest BCUT2D eigenvalue weighted by atomic mass is 9.49. The van der Waals surface area contributed by atoms with Gasteiger partial charge in [-0.2, -0.15) is 0 Å². The summed E-state index contributed by atoms with van der Waals surface area (Å²) in [6.45, 7) is 7.19. The third kappa shape index (κ3) is 4.53. The van der Waals surface area contributed by atoms with Crippen molar-refractivity contribution in [3.8, 4) is 11.5 Å². The lowest BCUT2D eigenvalue weighted by Gasteiger charge is -2.56. The maximum Gasteiger partial charge on any atom is 0.131 e. The van der Waals surface area contributed by atoms with Gasteiger partial charge in [-0.15, -0.1) is 0 Å². The Balaban J connectivity index is 1.42. The fourth-order valence-electron chi connectivity index (χ4n) is 4.81. The second-order valence-corrected chi connectivity index (χ2v) is 9.01. The van der Waals surface area contributed by atoms with Crippen LogP contribution in [0.25, 0.3) is 0 Å². The number of allylic oxidation sites excluding steroid dienone is 1. The van der Waals surface area contributed by atoms with E-state index < -0.39 is 6.10 Å². The van der Waals surface area contributed by atoms with E-state index in [1.54, 1.807) is 14.2 Å². The molecule has 1 fully saturated rings. The zero-order valence-corrected chi connectivity index (χ0v) is 18.0. The Morgan fingerprint density at radius 2 is 2.04 bits per heavy atom. The van der Waals surface area contributed by atoms with Crippen LogP contribution in [0.3, 0.4) is 0 Å². The van der Waals surface area contributed by atoms with Gasteiger partial charge in [0.1, 0.15) is 30.7 Å². The van der Waals surface area contributed by atoms with Gasteiger partial charge in [-0.1, -0.05) is 19.9 Å². The van der Waals surface area contributed by atoms with Crippen molar-refractivity contribution in [2.75, 3.05) is 41.0 Å². The van der Waals surface area contributed by atoms with Crippen LogP contribution >= 0.6 is 0 Å². The van der Waals surface area contributed by atoms with Gasteiger partial charge in [-0.3, -0.25) is 0 Å². The molecule has 156 valence electrons. The van der Waals surface area contributed by atoms with E-state index in [0.29, 0.717) is 31.1 Å². The Morgan fingerprint density at radius 1 is 1.25 bits per heavy atom. The number of nitrogens with one attached hydrogen (secondary N) is 1. The van der Waals surface area contributed by atoms with Crippen molar-refractivity contribution < 1.29 is 24.2 Å². The molecule has 2 bridgehead atoms. The van der Waals surface area contributed by atoms with E-state index in [-0.39, 0.29) is 0 Å². The molecule has 5 heteroatoms. The number of hydrogen-bond acceptors (Lipinski definition) is 4. The highest BCUT2D eigenvalue weighted by Crippen LogP contribution is 2.59. The zero-order chi connectivity index (χ0) is 20.3. The van der Waals surface area contributed by atoms with Gasteiger partial charge in [0.2, 0.25) is 0 Å². The van der Waals surface area contributed by atoms with Gasteiger partial charge in [-0.05, 0) is 47.8 Å². The molecule has 0 saturated heterocycles. The third-order valence-electron chi connectivity index (χ3n) is 6.73. The molecule has 0 aliphatic heterocycles. The summed E-state index contributed by atoms with van der Waals surface area (Å²) in [6, 6.07) is 5.86. The molecule has 0 amide bonds. The average Bonchev–Trinajstić information content (AvgIpc) is 2.68. The zero-order valence-electron chi connectivity index (χ0n) is 18.0. The van der Waals surface area contributed by atoms with Gasteiger partial charge in [-0.25, -0.2) is 0 Å². The minimum absolute atomic E-state index is 0.380. The number of rotatable bonds is 10. The molecule has 2 N–H and O–H groups in total. The molecule has 28 heavy (non-hydrogen) atoms. The van der Waals surface area contributed by atoms with E-state index in [2.05, 4.69) is 27.0 Å². The maximum atomic E-state index is 10.4. The van der Waals surface area contributed by atoms with Crippen LogP contribution in [0.4, 0.5) is 0 Å². The summed E-state index contributed by atoms with van der Waals surface area (Å²) in [5.41, 5.74) is 2.96. The van der Waals surface area contributed by atoms with Crippen LogP contribution in [0, 0.1) is 17.3 Å². The number of likely N-dealkylation sites (N-methyl/N-ethyl adjacent to an activating group) is 1. The minimum Gasteiger partial charge on any atom is -0.497 e. The first-order valence-electron chi connectivity index (χ1n) is 10.3. The van der Waals surface area contributed by atoms with Gasteiger partial charge < -0.3 is 24.2 Å². The number of benzene rings is 1. The van der Waals surface area contributed by atoms with Crippen molar-refractivity contribution in [1.82, 2.24) is 0 Å². The summed E-state index contributed by atoms with van der Waals surface area (Å²) in [4.78, 5) is 1.21. The molecule has 0 spiro atoms. The van der Waals surface area contributed by atoms with Crippen molar-refractivity contribution in [2.24, 2.45) is 17.3 Å². The van der Waals surface area contributed by atoms with Crippen molar-refractivity contribution in [3.63, 3.8) is 0 Å². The molecule has 1 aromatic carbocycles. The fraction of sp³-hybridized carbons (Fsp3) is 0.652. The molecule has 4 rings (SSSR count). The second kappa shape index (κ2) is 8.85. The van der Waals surface area contributed by atoms with E-state index >= 15 is 0 Å². The smallest absolute Gasteiger partial charge is 0.131 e. The molecular formula is C23H36NO4+. The van der Waals surface area contributed by atoms with E-state index in [0.717, 1.165) is 29.5 Å². The number of methoxy groups -OCH3 is 2. The quantitative estimate of drug-likeness (QED) is 0.601. The summed E-state index contributed by atoms with van der Waals surface area (Å²) >= 11 is 0. The molecule has 4 atom stereocenters. The second-order valence-electron chi connectivity index (χ2n) is 9.01. The molecule has 0 aromatic heterocycles. The summed E-state index contributed by atoms with van der Waals surface area (Å²) in [5.74, 6) is 3.11. The molecule has 1 saturated carbocycles. The third-order valence-corrected chi connectivity index (χ3v) is 6.73. The predicted molar refractivity (Wildman–Crippen MR) is 110 cm³/mol. The first kappa shape index (κ1) is 21.2. The Bertz CT molecular complexity index is 700. The SMILES string of the molecule is COc1ccc(C[NH+](C)C[C@@H](O)COCC2=CC[C@H]3C[C@@H]2C3(C)C)c(OC)c1. The first-order valence-corrected chi connectivity index (χ1v) is 10.3. The highest BCUT2D eigenvalue weighted by Gasteiger charge is 2.50. The lowest BCUT2D eigenvalue weighted by molar-refractivity contribution is -0.897. The monoisotopic (exact) mass is 390 g/mol. The first-order chi connectivity index (χ1) is 13.3. The molecular weight excluding hydrogens is 354 g/mol. The van der Waals surface area contributed by atoms with Gasteiger partial charge >= 0.3 is 0 Å². The number of ether oxygens (including phenoxy) is 3. The summed E-state index contributed by atoms with van der Waals surface area (Å²) < 4.78 is 16.6. The molecule has 1 unspecified atom stereocenters. The number of fused-ring (bicyclic) bond motifs is 1. The Labute approximate surface area is 169 Å². The number of aliphatic hydroxyl groups excluding tert-OH is 1. The Hall–Kier alpha value is -1.56. The minimum atomic E-state index is -0.476. The van der Waals surface area contributed by atoms with E-state index in [4.69, 9.17) is 14.2 Å². The molecule has 3 aliphatic carbocycles. The molecule has 0 heterocycles. The van der Waals surface area contributed by atoms with Gasteiger partial charge in [0, 0.05) is 11.6 Å². The van der Waals surface area contributed by atoms with Gasteiger partial charge in [0.25, 0.3) is 0 Å². The van der Waals surface area contributed by atoms with Crippen molar-refractivity contribution in [2.45, 2.75) is 39.3 Å². The largest absolute Gasteiger partial charge is 0.497 e. The summed E-state index contributed by atoms with van der Waals surface area (Å²) in [5, 5.41) is 10.4. The molecule has 1 aromatic rings.